The quantitative estimate of drug-likeness (QED) is 0.910. The number of hydrogen-bond acceptors (Lipinski definition) is 4. The molecule has 2 aliphatic heterocycles. The molecule has 6 nitrogen and oxygen atoms in total. The normalized spacial score (nSPS) is 19.5. The number of benzene rings is 1. The Morgan fingerprint density at radius 2 is 1.88 bits per heavy atom. The summed E-state index contributed by atoms with van der Waals surface area (Å²) in [5.74, 6) is 0.509. The summed E-state index contributed by atoms with van der Waals surface area (Å²) < 4.78 is 10.7. The third-order valence-corrected chi connectivity index (χ3v) is 5.23. The summed E-state index contributed by atoms with van der Waals surface area (Å²) in [4.78, 5) is 27.2. The second-order valence-corrected chi connectivity index (χ2v) is 7.04. The van der Waals surface area contributed by atoms with Crippen molar-refractivity contribution in [3.8, 4) is 5.75 Å². The SMILES string of the molecule is COc1ccc(C(=O)N2CCCC2)cc1NC(=O)C1(C)CCOCC1. The number of amides is 2. The van der Waals surface area contributed by atoms with Gasteiger partial charge in [0.2, 0.25) is 5.91 Å². The van der Waals surface area contributed by atoms with Crippen molar-refractivity contribution in [3.63, 3.8) is 0 Å². The summed E-state index contributed by atoms with van der Waals surface area (Å²) in [5.41, 5.74) is 0.665. The molecule has 1 N–H and O–H groups in total. The molecule has 3 rings (SSSR count). The van der Waals surface area contributed by atoms with Crippen molar-refractivity contribution >= 4 is 17.5 Å². The molecule has 1 aromatic carbocycles. The van der Waals surface area contributed by atoms with Gasteiger partial charge in [0.25, 0.3) is 5.91 Å². The van der Waals surface area contributed by atoms with Crippen molar-refractivity contribution in [2.45, 2.75) is 32.6 Å². The van der Waals surface area contributed by atoms with Gasteiger partial charge in [0, 0.05) is 31.9 Å². The molecule has 6 heteroatoms. The van der Waals surface area contributed by atoms with Crippen LogP contribution >= 0.6 is 0 Å². The summed E-state index contributed by atoms with van der Waals surface area (Å²) in [6.45, 7) is 4.73. The highest BCUT2D eigenvalue weighted by atomic mass is 16.5. The van der Waals surface area contributed by atoms with Crippen LogP contribution in [-0.4, -0.2) is 50.1 Å². The van der Waals surface area contributed by atoms with Gasteiger partial charge in [-0.1, -0.05) is 6.92 Å². The molecule has 2 aliphatic rings. The first-order valence-corrected chi connectivity index (χ1v) is 8.90. The average Bonchev–Trinajstić information content (AvgIpc) is 3.16. The summed E-state index contributed by atoms with van der Waals surface area (Å²) in [5, 5.41) is 2.97. The molecule has 2 fully saturated rings. The number of methoxy groups -OCH3 is 1. The first kappa shape index (κ1) is 17.7. The van der Waals surface area contributed by atoms with Gasteiger partial charge in [0.15, 0.2) is 0 Å². The van der Waals surface area contributed by atoms with Crippen LogP contribution in [0.1, 0.15) is 43.0 Å². The Morgan fingerprint density at radius 3 is 2.52 bits per heavy atom. The second kappa shape index (κ2) is 7.44. The molecule has 0 spiro atoms. The number of ether oxygens (including phenoxy) is 2. The molecule has 0 radical (unpaired) electrons. The third kappa shape index (κ3) is 3.79. The zero-order valence-electron chi connectivity index (χ0n) is 15.0. The fourth-order valence-electron chi connectivity index (χ4n) is 3.36. The topological polar surface area (TPSA) is 67.9 Å². The summed E-state index contributed by atoms with van der Waals surface area (Å²) in [7, 11) is 1.56. The molecule has 0 unspecified atom stereocenters. The van der Waals surface area contributed by atoms with Crippen LogP contribution in [0.5, 0.6) is 5.75 Å². The highest BCUT2D eigenvalue weighted by Gasteiger charge is 2.35. The number of hydrogen-bond donors (Lipinski definition) is 1. The standard InChI is InChI=1S/C19H26N2O4/c1-19(7-11-25-12-8-19)18(23)20-15-13-14(5-6-16(15)24-2)17(22)21-9-3-4-10-21/h5-6,13H,3-4,7-12H2,1-2H3,(H,20,23). The highest BCUT2D eigenvalue weighted by Crippen LogP contribution is 2.33. The van der Waals surface area contributed by atoms with Crippen LogP contribution in [0.15, 0.2) is 18.2 Å². The number of anilines is 1. The molecular weight excluding hydrogens is 320 g/mol. The molecule has 0 bridgehead atoms. The van der Waals surface area contributed by atoms with E-state index in [1.807, 2.05) is 11.8 Å². The molecule has 2 amide bonds. The molecule has 2 heterocycles. The lowest BCUT2D eigenvalue weighted by Gasteiger charge is -2.32. The van der Waals surface area contributed by atoms with Crippen molar-refractivity contribution < 1.29 is 19.1 Å². The lowest BCUT2D eigenvalue weighted by Crippen LogP contribution is -2.38. The van der Waals surface area contributed by atoms with Crippen LogP contribution < -0.4 is 10.1 Å². The Bertz CT molecular complexity index is 647. The summed E-state index contributed by atoms with van der Waals surface area (Å²) in [6, 6.07) is 5.22. The highest BCUT2D eigenvalue weighted by molar-refractivity contribution is 6.00. The van der Waals surface area contributed by atoms with Gasteiger partial charge in [0.1, 0.15) is 5.75 Å². The maximum absolute atomic E-state index is 12.8. The van der Waals surface area contributed by atoms with E-state index < -0.39 is 5.41 Å². The van der Waals surface area contributed by atoms with Gasteiger partial charge in [-0.25, -0.2) is 0 Å². The molecule has 1 aromatic rings. The van der Waals surface area contributed by atoms with E-state index in [1.165, 1.54) is 0 Å². The van der Waals surface area contributed by atoms with E-state index in [2.05, 4.69) is 5.32 Å². The number of nitrogens with one attached hydrogen (secondary N) is 1. The van der Waals surface area contributed by atoms with Crippen LogP contribution in [0.4, 0.5) is 5.69 Å². The fraction of sp³-hybridized carbons (Fsp3) is 0.579. The van der Waals surface area contributed by atoms with E-state index >= 15 is 0 Å². The van der Waals surface area contributed by atoms with Gasteiger partial charge < -0.3 is 19.7 Å². The summed E-state index contributed by atoms with van der Waals surface area (Å²) >= 11 is 0. The predicted molar refractivity (Wildman–Crippen MR) is 94.9 cm³/mol. The molecule has 0 aromatic heterocycles. The molecule has 2 saturated heterocycles. The Morgan fingerprint density at radius 1 is 1.20 bits per heavy atom. The smallest absolute Gasteiger partial charge is 0.253 e. The van der Waals surface area contributed by atoms with Gasteiger partial charge in [-0.2, -0.15) is 0 Å². The van der Waals surface area contributed by atoms with E-state index in [-0.39, 0.29) is 11.8 Å². The van der Waals surface area contributed by atoms with Gasteiger partial charge in [-0.05, 0) is 43.9 Å². The van der Waals surface area contributed by atoms with Crippen LogP contribution in [0.2, 0.25) is 0 Å². The zero-order valence-corrected chi connectivity index (χ0v) is 15.0. The van der Waals surface area contributed by atoms with Gasteiger partial charge in [-0.3, -0.25) is 9.59 Å². The van der Waals surface area contributed by atoms with Crippen molar-refractivity contribution in [3.05, 3.63) is 23.8 Å². The minimum atomic E-state index is -0.460. The number of rotatable bonds is 4. The van der Waals surface area contributed by atoms with Crippen LogP contribution in [0.25, 0.3) is 0 Å². The molecule has 0 atom stereocenters. The van der Waals surface area contributed by atoms with Crippen molar-refractivity contribution in [1.29, 1.82) is 0 Å². The Kier molecular flexibility index (Phi) is 5.27. The molecule has 136 valence electrons. The lowest BCUT2D eigenvalue weighted by molar-refractivity contribution is -0.129. The molecule has 0 saturated carbocycles. The van der Waals surface area contributed by atoms with Crippen LogP contribution in [-0.2, 0) is 9.53 Å². The van der Waals surface area contributed by atoms with E-state index in [9.17, 15) is 9.59 Å². The Balaban J connectivity index is 1.80. The third-order valence-electron chi connectivity index (χ3n) is 5.23. The second-order valence-electron chi connectivity index (χ2n) is 7.04. The lowest BCUT2D eigenvalue weighted by atomic mass is 9.81. The minimum Gasteiger partial charge on any atom is -0.495 e. The van der Waals surface area contributed by atoms with Crippen molar-refractivity contribution in [2.24, 2.45) is 5.41 Å². The van der Waals surface area contributed by atoms with Crippen LogP contribution in [0, 0.1) is 5.41 Å². The summed E-state index contributed by atoms with van der Waals surface area (Å²) in [6.07, 6.45) is 3.47. The number of likely N-dealkylation sites (tertiary alicyclic amines) is 1. The molecular formula is C19H26N2O4. The average molecular weight is 346 g/mol. The number of carbonyl (C=O) groups is 2. The van der Waals surface area contributed by atoms with Crippen molar-refractivity contribution in [2.75, 3.05) is 38.7 Å². The number of carbonyl (C=O) groups excluding carboxylic acids is 2. The van der Waals surface area contributed by atoms with Gasteiger partial charge >= 0.3 is 0 Å². The van der Waals surface area contributed by atoms with Crippen molar-refractivity contribution in [1.82, 2.24) is 4.90 Å². The molecule has 0 aliphatic carbocycles. The zero-order chi connectivity index (χ0) is 17.9. The molecule has 25 heavy (non-hydrogen) atoms. The van der Waals surface area contributed by atoms with E-state index in [0.29, 0.717) is 43.1 Å². The Hall–Kier alpha value is -2.08. The number of nitrogens with zero attached hydrogens (tertiary/aromatic N) is 1. The fourth-order valence-corrected chi connectivity index (χ4v) is 3.36. The Labute approximate surface area is 148 Å². The van der Waals surface area contributed by atoms with E-state index in [1.54, 1.807) is 25.3 Å². The monoisotopic (exact) mass is 346 g/mol. The largest absolute Gasteiger partial charge is 0.495 e. The first-order chi connectivity index (χ1) is 12.0. The predicted octanol–water partition coefficient (Wildman–Crippen LogP) is 2.69. The first-order valence-electron chi connectivity index (χ1n) is 8.90. The van der Waals surface area contributed by atoms with Gasteiger partial charge in [-0.15, -0.1) is 0 Å². The van der Waals surface area contributed by atoms with Crippen LogP contribution in [0.3, 0.4) is 0 Å². The minimum absolute atomic E-state index is 0.00734. The van der Waals surface area contributed by atoms with E-state index in [0.717, 1.165) is 25.9 Å². The van der Waals surface area contributed by atoms with E-state index in [4.69, 9.17) is 9.47 Å². The van der Waals surface area contributed by atoms with Gasteiger partial charge in [0.05, 0.1) is 18.2 Å². The maximum atomic E-state index is 12.8. The maximum Gasteiger partial charge on any atom is 0.253 e.